The first-order valence-electron chi connectivity index (χ1n) is 8.35. The molecule has 0 N–H and O–H groups in total. The fourth-order valence-corrected chi connectivity index (χ4v) is 3.00. The Hall–Kier alpha value is -2.60. The number of hydrogen-bond acceptors (Lipinski definition) is 6. The zero-order chi connectivity index (χ0) is 17.6. The first kappa shape index (κ1) is 17.2. The van der Waals surface area contributed by atoms with Crippen molar-refractivity contribution in [2.24, 2.45) is 0 Å². The van der Waals surface area contributed by atoms with Crippen molar-refractivity contribution >= 4 is 11.6 Å². The van der Waals surface area contributed by atoms with Crippen LogP contribution in [0.5, 0.6) is 11.5 Å². The fraction of sp³-hybridized carbons (Fsp3) is 0.368. The molecule has 3 rings (SSSR count). The molecule has 0 spiro atoms. The predicted octanol–water partition coefficient (Wildman–Crippen LogP) is 2.10. The highest BCUT2D eigenvalue weighted by molar-refractivity contribution is 6.00. The van der Waals surface area contributed by atoms with Crippen molar-refractivity contribution in [1.82, 2.24) is 9.88 Å². The molecule has 25 heavy (non-hydrogen) atoms. The molecular formula is C19H23N3O3. The normalized spacial score (nSPS) is 15.0. The molecule has 0 unspecified atom stereocenters. The second-order valence-electron chi connectivity index (χ2n) is 5.94. The van der Waals surface area contributed by atoms with Crippen molar-refractivity contribution in [2.75, 3.05) is 51.8 Å². The summed E-state index contributed by atoms with van der Waals surface area (Å²) >= 11 is 0. The summed E-state index contributed by atoms with van der Waals surface area (Å²) < 4.78 is 10.5. The summed E-state index contributed by atoms with van der Waals surface area (Å²) in [5, 5.41) is 0. The Kier molecular flexibility index (Phi) is 5.50. The largest absolute Gasteiger partial charge is 0.497 e. The van der Waals surface area contributed by atoms with E-state index in [2.05, 4.69) is 14.8 Å². The van der Waals surface area contributed by atoms with Gasteiger partial charge in [-0.3, -0.25) is 9.69 Å². The molecule has 0 aliphatic carbocycles. The highest BCUT2D eigenvalue weighted by Crippen LogP contribution is 2.25. The molecule has 1 fully saturated rings. The van der Waals surface area contributed by atoms with Crippen LogP contribution < -0.4 is 14.4 Å². The Labute approximate surface area is 148 Å². The van der Waals surface area contributed by atoms with Crippen LogP contribution in [-0.4, -0.2) is 62.6 Å². The van der Waals surface area contributed by atoms with E-state index >= 15 is 0 Å². The van der Waals surface area contributed by atoms with Crippen molar-refractivity contribution < 1.29 is 14.3 Å². The molecule has 2 heterocycles. The number of benzene rings is 1. The molecule has 1 aliphatic rings. The number of Topliss-reactive ketones (excluding diaryl/α,β-unsaturated/α-hetero) is 1. The maximum absolute atomic E-state index is 12.7. The molecule has 1 saturated heterocycles. The molecule has 132 valence electrons. The van der Waals surface area contributed by atoms with Crippen LogP contribution in [-0.2, 0) is 0 Å². The molecular weight excluding hydrogens is 318 g/mol. The Morgan fingerprint density at radius 3 is 2.52 bits per heavy atom. The number of methoxy groups -OCH3 is 2. The van der Waals surface area contributed by atoms with Crippen molar-refractivity contribution in [1.29, 1.82) is 0 Å². The number of rotatable bonds is 6. The minimum absolute atomic E-state index is 0.0436. The zero-order valence-electron chi connectivity index (χ0n) is 14.6. The van der Waals surface area contributed by atoms with E-state index in [0.717, 1.165) is 32.0 Å². The minimum atomic E-state index is 0.0436. The van der Waals surface area contributed by atoms with E-state index < -0.39 is 0 Å². The molecule has 0 atom stereocenters. The van der Waals surface area contributed by atoms with E-state index in [1.165, 1.54) is 0 Å². The lowest BCUT2D eigenvalue weighted by molar-refractivity contribution is 0.0923. The Morgan fingerprint density at radius 1 is 1.08 bits per heavy atom. The summed E-state index contributed by atoms with van der Waals surface area (Å²) in [6, 6.07) is 11.2. The molecule has 0 bridgehead atoms. The molecule has 0 radical (unpaired) electrons. The van der Waals surface area contributed by atoms with Gasteiger partial charge in [0.05, 0.1) is 26.3 Å². The van der Waals surface area contributed by atoms with Gasteiger partial charge < -0.3 is 14.4 Å². The second kappa shape index (κ2) is 7.98. The Bertz CT molecular complexity index is 713. The van der Waals surface area contributed by atoms with Crippen molar-refractivity contribution in [3.8, 4) is 11.5 Å². The number of nitrogens with zero attached hydrogens (tertiary/aromatic N) is 3. The van der Waals surface area contributed by atoms with Crippen molar-refractivity contribution in [3.63, 3.8) is 0 Å². The summed E-state index contributed by atoms with van der Waals surface area (Å²) in [5.74, 6) is 2.27. The van der Waals surface area contributed by atoms with Crippen LogP contribution in [0.3, 0.4) is 0 Å². The van der Waals surface area contributed by atoms with Gasteiger partial charge in [-0.2, -0.15) is 0 Å². The number of piperazine rings is 1. The van der Waals surface area contributed by atoms with Crippen LogP contribution in [0.15, 0.2) is 42.6 Å². The maximum Gasteiger partial charge on any atom is 0.180 e. The van der Waals surface area contributed by atoms with E-state index in [0.29, 0.717) is 23.6 Å². The van der Waals surface area contributed by atoms with Gasteiger partial charge in [-0.05, 0) is 30.3 Å². The lowest BCUT2D eigenvalue weighted by Gasteiger charge is -2.35. The number of pyridine rings is 1. The van der Waals surface area contributed by atoms with Gasteiger partial charge in [0.1, 0.15) is 17.3 Å². The lowest BCUT2D eigenvalue weighted by atomic mass is 10.1. The monoisotopic (exact) mass is 341 g/mol. The summed E-state index contributed by atoms with van der Waals surface area (Å²) in [4.78, 5) is 21.5. The van der Waals surface area contributed by atoms with E-state index in [4.69, 9.17) is 9.47 Å². The van der Waals surface area contributed by atoms with E-state index in [-0.39, 0.29) is 5.78 Å². The van der Waals surface area contributed by atoms with Crippen molar-refractivity contribution in [2.45, 2.75) is 0 Å². The number of hydrogen-bond donors (Lipinski definition) is 0. The van der Waals surface area contributed by atoms with Crippen LogP contribution in [0, 0.1) is 0 Å². The summed E-state index contributed by atoms with van der Waals surface area (Å²) in [6.07, 6.45) is 1.81. The third-order valence-corrected chi connectivity index (χ3v) is 4.42. The van der Waals surface area contributed by atoms with Gasteiger partial charge in [-0.1, -0.05) is 6.07 Å². The van der Waals surface area contributed by atoms with Crippen LogP contribution in [0.1, 0.15) is 10.4 Å². The standard InChI is InChI=1S/C19H23N3O3/c1-24-15-6-7-18(25-2)16(13-15)17(23)14-21-9-11-22(12-10-21)19-5-3-4-8-20-19/h3-8,13H,9-12,14H2,1-2H3. The van der Waals surface area contributed by atoms with Gasteiger partial charge in [0, 0.05) is 32.4 Å². The second-order valence-corrected chi connectivity index (χ2v) is 5.94. The molecule has 6 nitrogen and oxygen atoms in total. The fourth-order valence-electron chi connectivity index (χ4n) is 3.00. The molecule has 0 saturated carbocycles. The Morgan fingerprint density at radius 2 is 1.88 bits per heavy atom. The summed E-state index contributed by atoms with van der Waals surface area (Å²) in [7, 11) is 3.16. The number of ketones is 1. The Balaban J connectivity index is 1.61. The highest BCUT2D eigenvalue weighted by Gasteiger charge is 2.22. The topological polar surface area (TPSA) is 54.9 Å². The smallest absolute Gasteiger partial charge is 0.180 e. The minimum Gasteiger partial charge on any atom is -0.497 e. The quantitative estimate of drug-likeness (QED) is 0.750. The molecule has 1 aromatic heterocycles. The number of ether oxygens (including phenoxy) is 2. The molecule has 0 amide bonds. The number of carbonyl (C=O) groups is 1. The van der Waals surface area contributed by atoms with Crippen LogP contribution >= 0.6 is 0 Å². The number of anilines is 1. The number of aromatic nitrogens is 1. The average molecular weight is 341 g/mol. The van der Waals surface area contributed by atoms with Crippen LogP contribution in [0.25, 0.3) is 0 Å². The summed E-state index contributed by atoms with van der Waals surface area (Å²) in [5.41, 5.74) is 0.564. The maximum atomic E-state index is 12.7. The van der Waals surface area contributed by atoms with Gasteiger partial charge in [0.15, 0.2) is 5.78 Å². The summed E-state index contributed by atoms with van der Waals surface area (Å²) in [6.45, 7) is 3.75. The van der Waals surface area contributed by atoms with Gasteiger partial charge in [0.25, 0.3) is 0 Å². The predicted molar refractivity (Wildman–Crippen MR) is 96.8 cm³/mol. The molecule has 6 heteroatoms. The SMILES string of the molecule is COc1ccc(OC)c(C(=O)CN2CCN(c3ccccn3)CC2)c1. The third kappa shape index (κ3) is 4.09. The van der Waals surface area contributed by atoms with Gasteiger partial charge in [0.2, 0.25) is 0 Å². The first-order valence-corrected chi connectivity index (χ1v) is 8.35. The van der Waals surface area contributed by atoms with E-state index in [9.17, 15) is 4.79 Å². The third-order valence-electron chi connectivity index (χ3n) is 4.42. The highest BCUT2D eigenvalue weighted by atomic mass is 16.5. The van der Waals surface area contributed by atoms with Crippen LogP contribution in [0.4, 0.5) is 5.82 Å². The molecule has 2 aromatic rings. The van der Waals surface area contributed by atoms with Crippen LogP contribution in [0.2, 0.25) is 0 Å². The molecule has 1 aromatic carbocycles. The first-order chi connectivity index (χ1) is 12.2. The van der Waals surface area contributed by atoms with E-state index in [1.807, 2.05) is 18.2 Å². The van der Waals surface area contributed by atoms with Gasteiger partial charge in [-0.25, -0.2) is 4.98 Å². The lowest BCUT2D eigenvalue weighted by Crippen LogP contribution is -2.48. The zero-order valence-corrected chi connectivity index (χ0v) is 14.6. The molecule has 1 aliphatic heterocycles. The number of carbonyl (C=O) groups excluding carboxylic acids is 1. The van der Waals surface area contributed by atoms with Gasteiger partial charge in [-0.15, -0.1) is 0 Å². The van der Waals surface area contributed by atoms with Gasteiger partial charge >= 0.3 is 0 Å². The van der Waals surface area contributed by atoms with Crippen molar-refractivity contribution in [3.05, 3.63) is 48.2 Å². The van der Waals surface area contributed by atoms with E-state index in [1.54, 1.807) is 38.6 Å². The average Bonchev–Trinajstić information content (AvgIpc) is 2.68.